The maximum atomic E-state index is 12.5. The summed E-state index contributed by atoms with van der Waals surface area (Å²) in [6.45, 7) is 1.38. The topological polar surface area (TPSA) is 79.5 Å². The van der Waals surface area contributed by atoms with Crippen LogP contribution in [0.25, 0.3) is 11.0 Å². The number of likely N-dealkylation sites (tertiary alicyclic amines) is 1. The van der Waals surface area contributed by atoms with Gasteiger partial charge in [-0.05, 0) is 41.4 Å². The van der Waals surface area contributed by atoms with Crippen LogP contribution >= 0.6 is 0 Å². The summed E-state index contributed by atoms with van der Waals surface area (Å²) in [7, 11) is 1.80. The van der Waals surface area contributed by atoms with Crippen molar-refractivity contribution in [2.24, 2.45) is 0 Å². The van der Waals surface area contributed by atoms with Gasteiger partial charge in [-0.1, -0.05) is 0 Å². The number of carbonyl (C=O) groups is 2. The molecule has 110 valence electrons. The van der Waals surface area contributed by atoms with Gasteiger partial charge in [0.1, 0.15) is 11.0 Å². The lowest BCUT2D eigenvalue weighted by atomic mass is 10.0. The molecule has 0 saturated carbocycles. The summed E-state index contributed by atoms with van der Waals surface area (Å²) in [6.07, 6.45) is 2.47. The lowest BCUT2D eigenvalue weighted by Gasteiger charge is -2.35. The van der Waals surface area contributed by atoms with Gasteiger partial charge in [0, 0.05) is 31.7 Å². The highest BCUT2D eigenvalue weighted by Crippen LogP contribution is 2.18. The molecule has 7 heteroatoms. The van der Waals surface area contributed by atoms with Crippen molar-refractivity contribution >= 4 is 23.4 Å². The number of aromatic nitrogens is 2. The SMILES string of the molecule is CN(C(=O)c1ccc2nonc2c1)C1CCN(C=O)CC1. The highest BCUT2D eigenvalue weighted by atomic mass is 16.6. The van der Waals surface area contributed by atoms with Gasteiger partial charge < -0.3 is 9.80 Å². The third-order valence-corrected chi connectivity index (χ3v) is 4.02. The first-order valence-corrected chi connectivity index (χ1v) is 6.88. The van der Waals surface area contributed by atoms with E-state index in [1.807, 2.05) is 0 Å². The fourth-order valence-electron chi connectivity index (χ4n) is 2.66. The Hall–Kier alpha value is -2.44. The smallest absolute Gasteiger partial charge is 0.253 e. The molecule has 0 spiro atoms. The molecule has 2 aromatic rings. The van der Waals surface area contributed by atoms with Crippen LogP contribution in [-0.2, 0) is 4.79 Å². The van der Waals surface area contributed by atoms with E-state index in [9.17, 15) is 9.59 Å². The van der Waals surface area contributed by atoms with Crippen molar-refractivity contribution in [2.45, 2.75) is 18.9 Å². The fourth-order valence-corrected chi connectivity index (χ4v) is 2.66. The van der Waals surface area contributed by atoms with Crippen LogP contribution in [0.15, 0.2) is 22.8 Å². The maximum Gasteiger partial charge on any atom is 0.253 e. The van der Waals surface area contributed by atoms with E-state index in [1.54, 1.807) is 35.0 Å². The van der Waals surface area contributed by atoms with E-state index in [4.69, 9.17) is 0 Å². The summed E-state index contributed by atoms with van der Waals surface area (Å²) in [5, 5.41) is 7.47. The minimum Gasteiger partial charge on any atom is -0.345 e. The summed E-state index contributed by atoms with van der Waals surface area (Å²) >= 11 is 0. The largest absolute Gasteiger partial charge is 0.345 e. The van der Waals surface area contributed by atoms with Gasteiger partial charge in [0.15, 0.2) is 0 Å². The molecule has 1 saturated heterocycles. The van der Waals surface area contributed by atoms with Gasteiger partial charge >= 0.3 is 0 Å². The third kappa shape index (κ3) is 2.58. The Kier molecular flexibility index (Phi) is 3.55. The van der Waals surface area contributed by atoms with Crippen LogP contribution in [0, 0.1) is 0 Å². The number of fused-ring (bicyclic) bond motifs is 1. The number of piperidine rings is 1. The zero-order valence-corrected chi connectivity index (χ0v) is 11.7. The van der Waals surface area contributed by atoms with E-state index < -0.39 is 0 Å². The summed E-state index contributed by atoms with van der Waals surface area (Å²) in [4.78, 5) is 26.7. The van der Waals surface area contributed by atoms with Crippen LogP contribution in [0.4, 0.5) is 0 Å². The Balaban J connectivity index is 1.73. The van der Waals surface area contributed by atoms with Crippen LogP contribution in [0.3, 0.4) is 0 Å². The Morgan fingerprint density at radius 2 is 2.05 bits per heavy atom. The van der Waals surface area contributed by atoms with Gasteiger partial charge in [0.25, 0.3) is 5.91 Å². The monoisotopic (exact) mass is 288 g/mol. The molecule has 0 bridgehead atoms. The molecule has 0 atom stereocenters. The highest BCUT2D eigenvalue weighted by molar-refractivity contribution is 5.97. The van der Waals surface area contributed by atoms with Crippen LogP contribution in [-0.4, -0.2) is 58.6 Å². The molecule has 2 heterocycles. The van der Waals surface area contributed by atoms with E-state index in [0.29, 0.717) is 29.7 Å². The first-order chi connectivity index (χ1) is 10.2. The van der Waals surface area contributed by atoms with E-state index in [1.165, 1.54) is 0 Å². The lowest BCUT2D eigenvalue weighted by Crippen LogP contribution is -2.45. The van der Waals surface area contributed by atoms with E-state index >= 15 is 0 Å². The molecule has 0 radical (unpaired) electrons. The number of rotatable bonds is 3. The average Bonchev–Trinajstić information content (AvgIpc) is 3.01. The Morgan fingerprint density at radius 3 is 2.76 bits per heavy atom. The summed E-state index contributed by atoms with van der Waals surface area (Å²) in [5.41, 5.74) is 1.78. The molecule has 1 fully saturated rings. The number of nitrogens with zero attached hydrogens (tertiary/aromatic N) is 4. The quantitative estimate of drug-likeness (QED) is 0.784. The normalized spacial score (nSPS) is 16.1. The van der Waals surface area contributed by atoms with Crippen molar-refractivity contribution in [2.75, 3.05) is 20.1 Å². The number of amides is 2. The number of hydrogen-bond acceptors (Lipinski definition) is 5. The van der Waals surface area contributed by atoms with Crippen molar-refractivity contribution in [3.63, 3.8) is 0 Å². The predicted molar refractivity (Wildman–Crippen MR) is 74.6 cm³/mol. The van der Waals surface area contributed by atoms with Gasteiger partial charge in [-0.25, -0.2) is 4.63 Å². The van der Waals surface area contributed by atoms with Crippen LogP contribution in [0.2, 0.25) is 0 Å². The standard InChI is InChI=1S/C14H16N4O3/c1-17(11-4-6-18(9-19)7-5-11)14(20)10-2-3-12-13(8-10)16-21-15-12/h2-3,8-9,11H,4-7H2,1H3. The molecule has 3 rings (SSSR count). The van der Waals surface area contributed by atoms with E-state index in [-0.39, 0.29) is 11.9 Å². The zero-order chi connectivity index (χ0) is 14.8. The summed E-state index contributed by atoms with van der Waals surface area (Å²) in [5.74, 6) is -0.0514. The average molecular weight is 288 g/mol. The zero-order valence-electron chi connectivity index (χ0n) is 11.7. The van der Waals surface area contributed by atoms with Gasteiger partial charge in [-0.15, -0.1) is 0 Å². The molecule has 2 amide bonds. The van der Waals surface area contributed by atoms with Crippen molar-refractivity contribution in [1.29, 1.82) is 0 Å². The van der Waals surface area contributed by atoms with Gasteiger partial charge in [0.05, 0.1) is 0 Å². The minimum absolute atomic E-state index is 0.0514. The second-order valence-electron chi connectivity index (χ2n) is 5.26. The minimum atomic E-state index is -0.0514. The highest BCUT2D eigenvalue weighted by Gasteiger charge is 2.25. The van der Waals surface area contributed by atoms with Crippen LogP contribution < -0.4 is 0 Å². The summed E-state index contributed by atoms with van der Waals surface area (Å²) < 4.78 is 4.64. The molecule has 1 aromatic heterocycles. The van der Waals surface area contributed by atoms with Crippen molar-refractivity contribution in [3.8, 4) is 0 Å². The predicted octanol–water partition coefficient (Wildman–Crippen LogP) is 0.916. The van der Waals surface area contributed by atoms with Gasteiger partial charge in [-0.2, -0.15) is 0 Å². The molecule has 1 aliphatic rings. The molecule has 21 heavy (non-hydrogen) atoms. The molecule has 7 nitrogen and oxygen atoms in total. The fraction of sp³-hybridized carbons (Fsp3) is 0.429. The van der Waals surface area contributed by atoms with Crippen LogP contribution in [0.5, 0.6) is 0 Å². The number of carbonyl (C=O) groups excluding carboxylic acids is 2. The molecule has 0 aliphatic carbocycles. The van der Waals surface area contributed by atoms with Crippen molar-refractivity contribution < 1.29 is 14.2 Å². The lowest BCUT2D eigenvalue weighted by molar-refractivity contribution is -0.119. The van der Waals surface area contributed by atoms with Gasteiger partial charge in [0.2, 0.25) is 6.41 Å². The first kappa shape index (κ1) is 13.5. The van der Waals surface area contributed by atoms with E-state index in [0.717, 1.165) is 19.3 Å². The molecule has 1 aromatic carbocycles. The molecule has 0 unspecified atom stereocenters. The molecular formula is C14H16N4O3. The number of benzene rings is 1. The molecule has 1 aliphatic heterocycles. The third-order valence-electron chi connectivity index (χ3n) is 4.02. The summed E-state index contributed by atoms with van der Waals surface area (Å²) in [6, 6.07) is 5.29. The molecular weight excluding hydrogens is 272 g/mol. The second-order valence-corrected chi connectivity index (χ2v) is 5.26. The van der Waals surface area contributed by atoms with Crippen LogP contribution in [0.1, 0.15) is 23.2 Å². The number of hydrogen-bond donors (Lipinski definition) is 0. The van der Waals surface area contributed by atoms with Crippen molar-refractivity contribution in [1.82, 2.24) is 20.1 Å². The van der Waals surface area contributed by atoms with E-state index in [2.05, 4.69) is 14.9 Å². The van der Waals surface area contributed by atoms with Gasteiger partial charge in [-0.3, -0.25) is 9.59 Å². The van der Waals surface area contributed by atoms with Crippen molar-refractivity contribution in [3.05, 3.63) is 23.8 Å². The Labute approximate surface area is 121 Å². The second kappa shape index (κ2) is 5.51. The Bertz CT molecular complexity index is 661. The maximum absolute atomic E-state index is 12.5. The first-order valence-electron chi connectivity index (χ1n) is 6.88. The Morgan fingerprint density at radius 1 is 1.33 bits per heavy atom. The molecule has 0 N–H and O–H groups in total.